The predicted molar refractivity (Wildman–Crippen MR) is 199 cm³/mol. The lowest BCUT2D eigenvalue weighted by Gasteiger charge is -2.22. The van der Waals surface area contributed by atoms with Gasteiger partial charge < -0.3 is 24.5 Å². The topological polar surface area (TPSA) is 154 Å². The molecule has 0 spiro atoms. The first kappa shape index (κ1) is 37.9. The number of benzene rings is 2. The van der Waals surface area contributed by atoms with Crippen LogP contribution in [0.1, 0.15) is 113 Å². The number of nitrogens with zero attached hydrogens (tertiary/aromatic N) is 5. The number of aromatic nitrogens is 5. The summed E-state index contributed by atoms with van der Waals surface area (Å²) in [5.74, 6) is 2.53. The first-order valence-electron chi connectivity index (χ1n) is 17.4. The van der Waals surface area contributed by atoms with Crippen molar-refractivity contribution in [3.63, 3.8) is 0 Å². The fraction of sp³-hybridized carbons (Fsp3) is 0.359. The van der Waals surface area contributed by atoms with Crippen LogP contribution in [0.25, 0.3) is 0 Å². The number of nitrogens with one attached hydrogen (secondary N) is 2. The van der Waals surface area contributed by atoms with E-state index in [1.165, 1.54) is 31.6 Å². The number of halogens is 1. The summed E-state index contributed by atoms with van der Waals surface area (Å²) in [5, 5.41) is 6.74. The second kappa shape index (κ2) is 18.2. The lowest BCUT2D eigenvalue weighted by molar-refractivity contribution is 0.0584. The number of carbonyl (C=O) groups is 2. The lowest BCUT2D eigenvalue weighted by atomic mass is 9.98. The maximum absolute atomic E-state index is 12.3. The molecule has 7 rings (SSSR count). The maximum Gasteiger partial charge on any atom is 0.358 e. The third-order valence-corrected chi connectivity index (χ3v) is 8.72. The molecule has 3 aromatic heterocycles. The second-order valence-corrected chi connectivity index (χ2v) is 12.5. The molecule has 0 saturated heterocycles. The molecule has 272 valence electrons. The molecule has 12 nitrogen and oxygen atoms in total. The molecule has 1 unspecified atom stereocenters. The van der Waals surface area contributed by atoms with Gasteiger partial charge in [-0.3, -0.25) is 0 Å². The van der Waals surface area contributed by atoms with Gasteiger partial charge in [-0.15, -0.1) is 0 Å². The number of hydrogen-bond donors (Lipinski definition) is 2. The molecule has 2 fully saturated rings. The number of ether oxygens (including phenoxy) is 2. The first-order chi connectivity index (χ1) is 25.3. The first-order valence-corrected chi connectivity index (χ1v) is 17.8. The van der Waals surface area contributed by atoms with Crippen LogP contribution in [-0.2, 0) is 22.4 Å². The zero-order valence-corrected chi connectivity index (χ0v) is 30.8. The summed E-state index contributed by atoms with van der Waals surface area (Å²) in [5.41, 5.74) is 3.54. The van der Waals surface area contributed by atoms with Crippen molar-refractivity contribution in [2.75, 3.05) is 24.9 Å². The molecule has 0 aliphatic heterocycles. The highest BCUT2D eigenvalue weighted by Gasteiger charge is 2.31. The van der Waals surface area contributed by atoms with Crippen LogP contribution in [0.3, 0.4) is 0 Å². The minimum absolute atomic E-state index is 0.0183. The van der Waals surface area contributed by atoms with Crippen molar-refractivity contribution in [2.45, 2.75) is 77.3 Å². The van der Waals surface area contributed by atoms with E-state index < -0.39 is 11.9 Å². The monoisotopic (exact) mass is 725 g/mol. The normalized spacial score (nSPS) is 13.7. The van der Waals surface area contributed by atoms with E-state index in [0.717, 1.165) is 43.5 Å². The third-order valence-electron chi connectivity index (χ3n) is 8.36. The zero-order chi connectivity index (χ0) is 37.0. The van der Waals surface area contributed by atoms with Crippen LogP contribution >= 0.6 is 11.6 Å². The van der Waals surface area contributed by atoms with Crippen molar-refractivity contribution >= 4 is 35.2 Å². The van der Waals surface area contributed by atoms with Gasteiger partial charge in [-0.1, -0.05) is 86.1 Å². The van der Waals surface area contributed by atoms with Crippen molar-refractivity contribution in [3.05, 3.63) is 124 Å². The van der Waals surface area contributed by atoms with Gasteiger partial charge in [-0.05, 0) is 50.2 Å². The Hall–Kier alpha value is -5.36. The van der Waals surface area contributed by atoms with Gasteiger partial charge in [-0.25, -0.2) is 34.5 Å². The number of esters is 2. The van der Waals surface area contributed by atoms with E-state index in [9.17, 15) is 9.59 Å². The van der Waals surface area contributed by atoms with Crippen molar-refractivity contribution in [1.29, 1.82) is 0 Å². The fourth-order valence-electron chi connectivity index (χ4n) is 5.28. The van der Waals surface area contributed by atoms with E-state index in [4.69, 9.17) is 30.5 Å². The average Bonchev–Trinajstić information content (AvgIpc) is 4.14. The quantitative estimate of drug-likeness (QED) is 0.119. The molecule has 0 bridgehead atoms. The van der Waals surface area contributed by atoms with Gasteiger partial charge in [0.25, 0.3) is 0 Å². The van der Waals surface area contributed by atoms with Crippen LogP contribution in [0.2, 0.25) is 5.02 Å². The number of hydrogen-bond acceptors (Lipinski definition) is 12. The highest BCUT2D eigenvalue weighted by atomic mass is 35.5. The van der Waals surface area contributed by atoms with Gasteiger partial charge in [-0.2, -0.15) is 0 Å². The highest BCUT2D eigenvalue weighted by molar-refractivity contribution is 6.35. The predicted octanol–water partition coefficient (Wildman–Crippen LogP) is 8.27. The molecule has 52 heavy (non-hydrogen) atoms. The Balaban J connectivity index is 0.000000201. The number of anilines is 2. The summed E-state index contributed by atoms with van der Waals surface area (Å²) >= 11 is 6.18. The standard InChI is InChI=1S/C24H25N3O2.C13H13ClN4O3.C2H6/c1-16-21(24(28)29-2)26-23(19-13-14-19)27-22(16)25-20(18-11-7-4-8-12-18)15-17-9-5-3-6-10-17;1-20-13(19)10-9(14)12(16-6-8-15-4-5-21-8)18-11(17-10)7-2-3-7;1-2/h3-12,19-20H,13-15H2,1-2H3,(H,25,26,27);4-5,7H,2-3,6H2,1H3,(H,16,17,18);1-2H3. The Morgan fingerprint density at radius 2 is 1.38 bits per heavy atom. The summed E-state index contributed by atoms with van der Waals surface area (Å²) in [6.45, 7) is 6.18. The number of rotatable bonds is 12. The average molecular weight is 726 g/mol. The highest BCUT2D eigenvalue weighted by Crippen LogP contribution is 2.40. The van der Waals surface area contributed by atoms with E-state index in [1.807, 2.05) is 57.2 Å². The fourth-order valence-corrected chi connectivity index (χ4v) is 5.51. The summed E-state index contributed by atoms with van der Waals surface area (Å²) < 4.78 is 14.8. The summed E-state index contributed by atoms with van der Waals surface area (Å²) in [4.78, 5) is 45.9. The zero-order valence-electron chi connectivity index (χ0n) is 30.1. The molecular formula is C39H44ClN7O5. The number of oxazole rings is 1. The van der Waals surface area contributed by atoms with Crippen molar-refractivity contribution < 1.29 is 23.5 Å². The van der Waals surface area contributed by atoms with Crippen molar-refractivity contribution in [2.24, 2.45) is 0 Å². The van der Waals surface area contributed by atoms with Crippen molar-refractivity contribution in [1.82, 2.24) is 24.9 Å². The molecule has 2 aromatic carbocycles. The van der Waals surface area contributed by atoms with Gasteiger partial charge in [0.15, 0.2) is 11.4 Å². The molecule has 2 saturated carbocycles. The van der Waals surface area contributed by atoms with Crippen LogP contribution in [0.5, 0.6) is 0 Å². The van der Waals surface area contributed by atoms with Crippen LogP contribution in [0, 0.1) is 6.92 Å². The summed E-state index contributed by atoms with van der Waals surface area (Å²) in [7, 11) is 2.67. The molecule has 13 heteroatoms. The van der Waals surface area contributed by atoms with E-state index in [2.05, 4.69) is 54.8 Å². The largest absolute Gasteiger partial charge is 0.464 e. The van der Waals surface area contributed by atoms with Crippen LogP contribution < -0.4 is 10.6 Å². The Morgan fingerprint density at radius 1 is 0.827 bits per heavy atom. The molecule has 2 aliphatic rings. The third kappa shape index (κ3) is 9.91. The Morgan fingerprint density at radius 3 is 1.94 bits per heavy atom. The Bertz CT molecular complexity index is 1920. The second-order valence-electron chi connectivity index (χ2n) is 12.1. The minimum Gasteiger partial charge on any atom is -0.464 e. The van der Waals surface area contributed by atoms with Crippen LogP contribution in [0.15, 0.2) is 77.5 Å². The van der Waals surface area contributed by atoms with Crippen LogP contribution in [-0.4, -0.2) is 51.1 Å². The van der Waals surface area contributed by atoms with E-state index in [-0.39, 0.29) is 22.7 Å². The number of methoxy groups -OCH3 is 2. The lowest BCUT2D eigenvalue weighted by Crippen LogP contribution is -2.19. The summed E-state index contributed by atoms with van der Waals surface area (Å²) in [6.07, 6.45) is 8.00. The van der Waals surface area contributed by atoms with Crippen molar-refractivity contribution in [3.8, 4) is 0 Å². The molecule has 2 aliphatic carbocycles. The van der Waals surface area contributed by atoms with Crippen LogP contribution in [0.4, 0.5) is 11.6 Å². The number of carbonyl (C=O) groups excluding carboxylic acids is 2. The van der Waals surface area contributed by atoms with E-state index in [0.29, 0.717) is 41.5 Å². The van der Waals surface area contributed by atoms with Gasteiger partial charge in [0.05, 0.1) is 33.0 Å². The Labute approximate surface area is 308 Å². The molecule has 2 N–H and O–H groups in total. The molecule has 0 amide bonds. The Kier molecular flexibility index (Phi) is 13.3. The maximum atomic E-state index is 12.3. The minimum atomic E-state index is -0.580. The van der Waals surface area contributed by atoms with E-state index in [1.54, 1.807) is 6.20 Å². The molecule has 0 radical (unpaired) electrons. The van der Waals surface area contributed by atoms with Gasteiger partial charge in [0, 0.05) is 17.4 Å². The smallest absolute Gasteiger partial charge is 0.358 e. The van der Waals surface area contributed by atoms with Gasteiger partial charge >= 0.3 is 11.9 Å². The van der Waals surface area contributed by atoms with Gasteiger partial charge in [0.2, 0.25) is 5.89 Å². The molecular weight excluding hydrogens is 682 g/mol. The molecule has 1 atom stereocenters. The molecule has 3 heterocycles. The summed E-state index contributed by atoms with van der Waals surface area (Å²) in [6, 6.07) is 20.7. The van der Waals surface area contributed by atoms with E-state index >= 15 is 0 Å². The SMILES string of the molecule is CC.COC(=O)c1nc(C2CC2)nc(NC(Cc2ccccc2)c2ccccc2)c1C.COC(=O)c1nc(C2CC2)nc(NCc2ncco2)c1Cl. The van der Waals surface area contributed by atoms with Gasteiger partial charge in [0.1, 0.15) is 34.6 Å². The molecule has 5 aromatic rings.